The molecule has 1 N–H and O–H groups in total. The molecule has 0 amide bonds. The van der Waals surface area contributed by atoms with Crippen LogP contribution in [-0.2, 0) is 37.8 Å². The minimum atomic E-state index is -0.272. The van der Waals surface area contributed by atoms with Crippen molar-refractivity contribution in [2.24, 2.45) is 10.2 Å². The Morgan fingerprint density at radius 1 is 0.975 bits per heavy atom. The molecule has 6 nitrogen and oxygen atoms in total. The SMILES string of the molecule is CCN1\C(=C/C=N/N=C(\O)c2ccc(SOOC)cc2)C(C)(Cc2cccc3ccccc23)c2ccccc21.[Co]. The van der Waals surface area contributed by atoms with Gasteiger partial charge in [-0.2, -0.15) is 9.44 Å². The van der Waals surface area contributed by atoms with Crippen molar-refractivity contribution < 1.29 is 31.1 Å². The number of aliphatic hydroxyl groups excluding tert-OH is 1. The minimum Gasteiger partial charge on any atom is -0.492 e. The summed E-state index contributed by atoms with van der Waals surface area (Å²) < 4.78 is 4.85. The van der Waals surface area contributed by atoms with Crippen molar-refractivity contribution in [2.75, 3.05) is 18.6 Å². The topological polar surface area (TPSA) is 66.7 Å². The zero-order valence-electron chi connectivity index (χ0n) is 22.6. The third-order valence-corrected chi connectivity index (χ3v) is 7.82. The Balaban J connectivity index is 0.00000370. The van der Waals surface area contributed by atoms with E-state index in [4.69, 9.17) is 4.33 Å². The van der Waals surface area contributed by atoms with Gasteiger partial charge in [0, 0.05) is 50.6 Å². The van der Waals surface area contributed by atoms with Crippen LogP contribution < -0.4 is 4.90 Å². The van der Waals surface area contributed by atoms with Gasteiger partial charge in [-0.05, 0) is 78.6 Å². The molecule has 1 aliphatic heterocycles. The summed E-state index contributed by atoms with van der Waals surface area (Å²) in [6, 6.07) is 30.8. The molecule has 0 aromatic heterocycles. The number of anilines is 1. The molecular weight excluding hydrogens is 565 g/mol. The fourth-order valence-electron chi connectivity index (χ4n) is 5.35. The van der Waals surface area contributed by atoms with E-state index in [0.29, 0.717) is 5.56 Å². The minimum absolute atomic E-state index is 0. The summed E-state index contributed by atoms with van der Waals surface area (Å²) in [4.78, 5) is 7.78. The number of benzene rings is 4. The van der Waals surface area contributed by atoms with Gasteiger partial charge in [0.2, 0.25) is 5.90 Å². The number of hydrogen-bond donors (Lipinski definition) is 1. The molecule has 0 saturated heterocycles. The summed E-state index contributed by atoms with van der Waals surface area (Å²) in [5.41, 5.74) is 5.25. The normalized spacial score (nSPS) is 17.9. The van der Waals surface area contributed by atoms with Gasteiger partial charge in [-0.1, -0.05) is 60.7 Å². The molecule has 1 aliphatic rings. The third kappa shape index (κ3) is 6.01. The van der Waals surface area contributed by atoms with Gasteiger partial charge >= 0.3 is 0 Å². The van der Waals surface area contributed by atoms with Crippen LogP contribution in [0.3, 0.4) is 0 Å². The molecule has 4 aromatic carbocycles. The van der Waals surface area contributed by atoms with Gasteiger partial charge < -0.3 is 10.0 Å². The van der Waals surface area contributed by atoms with Gasteiger partial charge in [0.15, 0.2) is 0 Å². The van der Waals surface area contributed by atoms with E-state index in [-0.39, 0.29) is 28.1 Å². The molecule has 0 aliphatic carbocycles. The smallest absolute Gasteiger partial charge is 0.238 e. The van der Waals surface area contributed by atoms with Crippen LogP contribution in [0.1, 0.15) is 30.5 Å². The third-order valence-electron chi connectivity index (χ3n) is 7.15. The first-order valence-electron chi connectivity index (χ1n) is 12.9. The fourth-order valence-corrected chi connectivity index (χ4v) is 5.75. The standard InChI is InChI=1S/C32H31N3O3S.Co/c1-4-35-29-15-8-7-14-28(29)32(2,22-25-12-9-11-23-10-5-6-13-27(23)25)30(35)20-21-33-34-31(36)24-16-18-26(19-17-24)39-38-37-3;/h5-21H,4,22H2,1-3H3,(H,34,36);/b30-20-,33-21+;. The zero-order chi connectivity index (χ0) is 27.2. The molecule has 40 heavy (non-hydrogen) atoms. The molecule has 8 heteroatoms. The molecule has 0 spiro atoms. The molecule has 5 rings (SSSR count). The molecule has 0 saturated carbocycles. The van der Waals surface area contributed by atoms with E-state index in [1.165, 1.54) is 34.7 Å². The average molecular weight is 597 g/mol. The first-order chi connectivity index (χ1) is 19.0. The molecular formula is C32H31CoN3O3S. The van der Waals surface area contributed by atoms with Crippen LogP contribution in [0.4, 0.5) is 5.69 Å². The summed E-state index contributed by atoms with van der Waals surface area (Å²) >= 11 is 1.09. The van der Waals surface area contributed by atoms with Crippen molar-refractivity contribution in [3.63, 3.8) is 0 Å². The van der Waals surface area contributed by atoms with Crippen LogP contribution in [0.5, 0.6) is 0 Å². The largest absolute Gasteiger partial charge is 0.492 e. The van der Waals surface area contributed by atoms with Gasteiger partial charge in [-0.25, -0.2) is 4.89 Å². The van der Waals surface area contributed by atoms with Crippen LogP contribution in [0.25, 0.3) is 10.8 Å². The van der Waals surface area contributed by atoms with Gasteiger partial charge in [0.05, 0.1) is 25.4 Å². The first kappa shape index (κ1) is 29.6. The maximum absolute atomic E-state index is 10.5. The maximum Gasteiger partial charge on any atom is 0.238 e. The second-order valence-corrected chi connectivity index (χ2v) is 10.3. The van der Waals surface area contributed by atoms with Gasteiger partial charge in [0.1, 0.15) is 0 Å². The molecule has 1 unspecified atom stereocenters. The Labute approximate surface area is 249 Å². The van der Waals surface area contributed by atoms with Crippen LogP contribution >= 0.6 is 12.0 Å². The van der Waals surface area contributed by atoms with E-state index in [9.17, 15) is 5.11 Å². The van der Waals surface area contributed by atoms with E-state index >= 15 is 0 Å². The van der Waals surface area contributed by atoms with E-state index in [2.05, 4.69) is 101 Å². The van der Waals surface area contributed by atoms with Crippen molar-refractivity contribution in [2.45, 2.75) is 30.6 Å². The molecule has 207 valence electrons. The van der Waals surface area contributed by atoms with Crippen molar-refractivity contribution in [1.82, 2.24) is 0 Å². The van der Waals surface area contributed by atoms with E-state index < -0.39 is 0 Å². The molecule has 1 atom stereocenters. The monoisotopic (exact) mass is 596 g/mol. The van der Waals surface area contributed by atoms with Crippen molar-refractivity contribution in [3.05, 3.63) is 119 Å². The fraction of sp³-hybridized carbons (Fsp3) is 0.188. The van der Waals surface area contributed by atoms with Gasteiger partial charge in [0.25, 0.3) is 0 Å². The van der Waals surface area contributed by atoms with Crippen LogP contribution in [-0.4, -0.2) is 30.9 Å². The van der Waals surface area contributed by atoms with Crippen LogP contribution in [0.15, 0.2) is 118 Å². The van der Waals surface area contributed by atoms with Gasteiger partial charge in [-0.3, -0.25) is 0 Å². The summed E-state index contributed by atoms with van der Waals surface area (Å²) in [7, 11) is 1.45. The molecule has 1 heterocycles. The molecule has 1 radical (unpaired) electrons. The molecule has 0 bridgehead atoms. The van der Waals surface area contributed by atoms with Crippen LogP contribution in [0, 0.1) is 0 Å². The summed E-state index contributed by atoms with van der Waals surface area (Å²) in [5, 5.41) is 21.2. The summed E-state index contributed by atoms with van der Waals surface area (Å²) in [6.45, 7) is 5.29. The Morgan fingerprint density at radius 2 is 1.70 bits per heavy atom. The quantitative estimate of drug-likeness (QED) is 0.0708. The zero-order valence-corrected chi connectivity index (χ0v) is 24.4. The first-order valence-corrected chi connectivity index (χ1v) is 13.6. The number of allylic oxidation sites excluding steroid dienone is 2. The van der Waals surface area contributed by atoms with E-state index in [1.54, 1.807) is 18.3 Å². The van der Waals surface area contributed by atoms with Crippen molar-refractivity contribution >= 4 is 40.6 Å². The van der Waals surface area contributed by atoms with Crippen LogP contribution in [0.2, 0.25) is 0 Å². The second-order valence-electron chi connectivity index (χ2n) is 9.49. The van der Waals surface area contributed by atoms with Gasteiger partial charge in [-0.15, -0.1) is 5.10 Å². The van der Waals surface area contributed by atoms with Crippen molar-refractivity contribution in [1.29, 1.82) is 0 Å². The number of hydrogen-bond acceptors (Lipinski definition) is 6. The molecule has 0 fully saturated rings. The number of nitrogens with zero attached hydrogens (tertiary/aromatic N) is 3. The number of rotatable bonds is 9. The molecule has 4 aromatic rings. The van der Waals surface area contributed by atoms with E-state index in [1.807, 2.05) is 18.2 Å². The second kappa shape index (κ2) is 13.3. The number of fused-ring (bicyclic) bond motifs is 2. The summed E-state index contributed by atoms with van der Waals surface area (Å²) in [6.07, 6.45) is 4.53. The summed E-state index contributed by atoms with van der Waals surface area (Å²) in [5.74, 6) is -0.158. The maximum atomic E-state index is 10.5. The number of para-hydroxylation sites is 1. The number of aliphatic hydroxyl groups is 1. The predicted octanol–water partition coefficient (Wildman–Crippen LogP) is 7.64. The Hall–Kier alpha value is -3.40. The van der Waals surface area contributed by atoms with E-state index in [0.717, 1.165) is 35.6 Å². The van der Waals surface area contributed by atoms with Crippen molar-refractivity contribution in [3.8, 4) is 0 Å². The Morgan fingerprint density at radius 3 is 2.48 bits per heavy atom. The number of likely N-dealkylation sites (N-methyl/N-ethyl adjacent to an activating group) is 1. The Bertz CT molecular complexity index is 1550. The average Bonchev–Trinajstić information content (AvgIpc) is 3.21. The Kier molecular flexibility index (Phi) is 9.83. The predicted molar refractivity (Wildman–Crippen MR) is 161 cm³/mol.